The van der Waals surface area contributed by atoms with Crippen molar-refractivity contribution in [1.82, 2.24) is 10.6 Å². The van der Waals surface area contributed by atoms with Crippen LogP contribution in [0.5, 0.6) is 0 Å². The maximum atomic E-state index is 13.8. The molecule has 2 amide bonds. The molecule has 28 heavy (non-hydrogen) atoms. The summed E-state index contributed by atoms with van der Waals surface area (Å²) < 4.78 is 19.4. The molecular weight excluding hydrogens is 359 g/mol. The first-order chi connectivity index (χ1) is 13.6. The Morgan fingerprint density at radius 1 is 0.857 bits per heavy atom. The first-order valence-electron chi connectivity index (χ1n) is 9.03. The number of hydrogen-bond acceptors (Lipinski definition) is 3. The van der Waals surface area contributed by atoms with Crippen LogP contribution in [0.1, 0.15) is 17.7 Å². The summed E-state index contributed by atoms with van der Waals surface area (Å²) in [4.78, 5) is 23.7. The molecule has 1 heterocycles. The Kier molecular flexibility index (Phi) is 6.57. The van der Waals surface area contributed by atoms with E-state index in [-0.39, 0.29) is 30.6 Å². The van der Waals surface area contributed by atoms with Crippen LogP contribution in [-0.4, -0.2) is 18.4 Å². The van der Waals surface area contributed by atoms with E-state index in [2.05, 4.69) is 10.6 Å². The molecule has 0 saturated heterocycles. The zero-order valence-corrected chi connectivity index (χ0v) is 15.3. The number of hydrogen-bond donors (Lipinski definition) is 2. The topological polar surface area (TPSA) is 71.3 Å². The molecule has 0 atom stereocenters. The van der Waals surface area contributed by atoms with Crippen molar-refractivity contribution >= 4 is 11.8 Å². The van der Waals surface area contributed by atoms with Gasteiger partial charge in [0.25, 0.3) is 0 Å². The van der Waals surface area contributed by atoms with Gasteiger partial charge in [0, 0.05) is 19.4 Å². The Morgan fingerprint density at radius 2 is 1.61 bits per heavy atom. The average molecular weight is 380 g/mol. The third kappa shape index (κ3) is 5.54. The third-order valence-corrected chi connectivity index (χ3v) is 4.18. The van der Waals surface area contributed by atoms with Crippen LogP contribution < -0.4 is 10.6 Å². The molecule has 0 spiro atoms. The smallest absolute Gasteiger partial charge is 0.239 e. The van der Waals surface area contributed by atoms with Crippen molar-refractivity contribution in [3.05, 3.63) is 83.9 Å². The van der Waals surface area contributed by atoms with Crippen molar-refractivity contribution in [2.24, 2.45) is 0 Å². The maximum absolute atomic E-state index is 13.8. The van der Waals surface area contributed by atoms with Crippen molar-refractivity contribution in [2.45, 2.75) is 19.4 Å². The Balaban J connectivity index is 1.40. The lowest BCUT2D eigenvalue weighted by atomic mass is 10.1. The molecule has 0 unspecified atom stereocenters. The van der Waals surface area contributed by atoms with Gasteiger partial charge in [-0.25, -0.2) is 4.39 Å². The van der Waals surface area contributed by atoms with Crippen LogP contribution in [0.2, 0.25) is 0 Å². The van der Waals surface area contributed by atoms with E-state index < -0.39 is 0 Å². The molecule has 0 bridgehead atoms. The quantitative estimate of drug-likeness (QED) is 0.629. The second kappa shape index (κ2) is 9.50. The van der Waals surface area contributed by atoms with Crippen molar-refractivity contribution in [3.8, 4) is 11.3 Å². The Bertz CT molecular complexity index is 938. The minimum atomic E-state index is -0.359. The van der Waals surface area contributed by atoms with Gasteiger partial charge in [0.1, 0.15) is 17.3 Å². The lowest BCUT2D eigenvalue weighted by molar-refractivity contribution is -0.126. The normalized spacial score (nSPS) is 10.5. The number of rotatable bonds is 8. The molecule has 2 N–H and O–H groups in total. The molecule has 5 nitrogen and oxygen atoms in total. The number of aryl methyl sites for hydroxylation is 1. The Labute approximate surface area is 162 Å². The average Bonchev–Trinajstić information content (AvgIpc) is 3.19. The molecule has 0 radical (unpaired) electrons. The summed E-state index contributed by atoms with van der Waals surface area (Å²) in [5, 5.41) is 5.33. The fourth-order valence-corrected chi connectivity index (χ4v) is 2.68. The van der Waals surface area contributed by atoms with E-state index in [1.54, 1.807) is 30.3 Å². The van der Waals surface area contributed by atoms with Gasteiger partial charge in [-0.15, -0.1) is 0 Å². The molecule has 2 aromatic carbocycles. The third-order valence-electron chi connectivity index (χ3n) is 4.18. The number of furan rings is 1. The second-order valence-corrected chi connectivity index (χ2v) is 6.28. The fraction of sp³-hybridized carbons (Fsp3) is 0.182. The lowest BCUT2D eigenvalue weighted by Gasteiger charge is -2.07. The zero-order chi connectivity index (χ0) is 19.8. The van der Waals surface area contributed by atoms with Crippen LogP contribution in [0.3, 0.4) is 0 Å². The van der Waals surface area contributed by atoms with E-state index in [0.717, 1.165) is 5.56 Å². The lowest BCUT2D eigenvalue weighted by Crippen LogP contribution is -2.36. The Morgan fingerprint density at radius 3 is 2.39 bits per heavy atom. The maximum Gasteiger partial charge on any atom is 0.239 e. The number of amides is 2. The van der Waals surface area contributed by atoms with Crippen molar-refractivity contribution in [3.63, 3.8) is 0 Å². The minimum absolute atomic E-state index is 0.0791. The molecule has 3 aromatic rings. The van der Waals surface area contributed by atoms with Crippen LogP contribution in [0.25, 0.3) is 11.3 Å². The van der Waals surface area contributed by atoms with E-state index in [1.165, 1.54) is 6.07 Å². The molecule has 0 saturated carbocycles. The van der Waals surface area contributed by atoms with Crippen LogP contribution in [-0.2, 0) is 22.6 Å². The summed E-state index contributed by atoms with van der Waals surface area (Å²) in [6, 6.07) is 19.3. The first kappa shape index (κ1) is 19.4. The molecule has 0 fully saturated rings. The fourth-order valence-electron chi connectivity index (χ4n) is 2.68. The molecule has 144 valence electrons. The van der Waals surface area contributed by atoms with Crippen molar-refractivity contribution in [2.75, 3.05) is 6.54 Å². The molecule has 0 aliphatic rings. The number of carbonyl (C=O) groups is 2. The van der Waals surface area contributed by atoms with Gasteiger partial charge in [0.05, 0.1) is 12.1 Å². The SMILES string of the molecule is O=C(CCc1ccc(-c2ccccc2F)o1)NCC(=O)NCc1ccccc1. The van der Waals surface area contributed by atoms with E-state index >= 15 is 0 Å². The number of benzene rings is 2. The Hall–Kier alpha value is -3.41. The van der Waals surface area contributed by atoms with Gasteiger partial charge in [-0.1, -0.05) is 42.5 Å². The predicted octanol–water partition coefficient (Wildman–Crippen LogP) is 3.45. The molecule has 3 rings (SSSR count). The summed E-state index contributed by atoms with van der Waals surface area (Å²) >= 11 is 0. The van der Waals surface area contributed by atoms with Crippen LogP contribution in [0.4, 0.5) is 4.39 Å². The number of nitrogens with one attached hydrogen (secondary N) is 2. The van der Waals surface area contributed by atoms with E-state index in [4.69, 9.17) is 4.42 Å². The van der Waals surface area contributed by atoms with E-state index in [0.29, 0.717) is 30.0 Å². The van der Waals surface area contributed by atoms with Crippen LogP contribution >= 0.6 is 0 Å². The highest BCUT2D eigenvalue weighted by Gasteiger charge is 2.11. The van der Waals surface area contributed by atoms with Gasteiger partial charge >= 0.3 is 0 Å². The standard InChI is InChI=1S/C22H21FN2O3/c23-19-9-5-4-8-18(19)20-12-10-17(28-20)11-13-21(26)25-15-22(27)24-14-16-6-2-1-3-7-16/h1-10,12H,11,13-15H2,(H,24,27)(H,25,26). The van der Waals surface area contributed by atoms with Gasteiger partial charge in [-0.2, -0.15) is 0 Å². The highest BCUT2D eigenvalue weighted by Crippen LogP contribution is 2.25. The predicted molar refractivity (Wildman–Crippen MR) is 104 cm³/mol. The van der Waals surface area contributed by atoms with Crippen molar-refractivity contribution in [1.29, 1.82) is 0 Å². The summed E-state index contributed by atoms with van der Waals surface area (Å²) in [5.41, 5.74) is 1.37. The summed E-state index contributed by atoms with van der Waals surface area (Å²) in [6.45, 7) is 0.338. The van der Waals surface area contributed by atoms with Crippen LogP contribution in [0.15, 0.2) is 71.1 Å². The zero-order valence-electron chi connectivity index (χ0n) is 15.3. The highest BCUT2D eigenvalue weighted by atomic mass is 19.1. The molecule has 1 aromatic heterocycles. The summed E-state index contributed by atoms with van der Waals surface area (Å²) in [6.07, 6.45) is 0.544. The van der Waals surface area contributed by atoms with Gasteiger partial charge in [0.15, 0.2) is 0 Å². The minimum Gasteiger partial charge on any atom is -0.461 e. The number of halogens is 1. The van der Waals surface area contributed by atoms with Gasteiger partial charge in [-0.3, -0.25) is 9.59 Å². The second-order valence-electron chi connectivity index (χ2n) is 6.28. The highest BCUT2D eigenvalue weighted by molar-refractivity contribution is 5.84. The molecule has 0 aliphatic heterocycles. The first-order valence-corrected chi connectivity index (χ1v) is 9.03. The summed E-state index contributed by atoms with van der Waals surface area (Å²) in [5.74, 6) is 0.147. The number of carbonyl (C=O) groups excluding carboxylic acids is 2. The monoisotopic (exact) mass is 380 g/mol. The van der Waals surface area contributed by atoms with E-state index in [9.17, 15) is 14.0 Å². The van der Waals surface area contributed by atoms with Gasteiger partial charge < -0.3 is 15.1 Å². The molecule has 6 heteroatoms. The van der Waals surface area contributed by atoms with Gasteiger partial charge in [-0.05, 0) is 29.8 Å². The largest absolute Gasteiger partial charge is 0.461 e. The molecule has 0 aliphatic carbocycles. The molecular formula is C22H21FN2O3. The van der Waals surface area contributed by atoms with E-state index in [1.807, 2.05) is 30.3 Å². The van der Waals surface area contributed by atoms with Gasteiger partial charge in [0.2, 0.25) is 11.8 Å². The summed E-state index contributed by atoms with van der Waals surface area (Å²) in [7, 11) is 0. The van der Waals surface area contributed by atoms with Crippen molar-refractivity contribution < 1.29 is 18.4 Å². The van der Waals surface area contributed by atoms with Crippen LogP contribution in [0, 0.1) is 5.82 Å².